The number of aliphatic imine (C=N–C) groups is 1. The van der Waals surface area contributed by atoms with Crippen LogP contribution in [0.25, 0.3) is 0 Å². The lowest BCUT2D eigenvalue weighted by Gasteiger charge is -2.40. The molecular formula is C22H33FIN3O3. The fourth-order valence-corrected chi connectivity index (χ4v) is 4.30. The van der Waals surface area contributed by atoms with Crippen LogP contribution in [-0.4, -0.2) is 63.3 Å². The average molecular weight is 533 g/mol. The van der Waals surface area contributed by atoms with Crippen molar-refractivity contribution >= 4 is 35.9 Å². The van der Waals surface area contributed by atoms with Crippen molar-refractivity contribution in [2.75, 3.05) is 46.5 Å². The molecule has 1 aromatic rings. The maximum absolute atomic E-state index is 13.4. The van der Waals surface area contributed by atoms with Gasteiger partial charge in [0.05, 0.1) is 12.5 Å². The predicted molar refractivity (Wildman–Crippen MR) is 126 cm³/mol. The summed E-state index contributed by atoms with van der Waals surface area (Å²) >= 11 is 0. The van der Waals surface area contributed by atoms with Crippen LogP contribution in [0, 0.1) is 11.7 Å². The smallest absolute Gasteiger partial charge is 0.309 e. The molecule has 0 amide bonds. The highest BCUT2D eigenvalue weighted by molar-refractivity contribution is 14.0. The molecule has 0 aliphatic carbocycles. The van der Waals surface area contributed by atoms with Crippen LogP contribution in [0.4, 0.5) is 4.39 Å². The largest absolute Gasteiger partial charge is 0.466 e. The molecule has 0 saturated carbocycles. The molecular weight excluding hydrogens is 500 g/mol. The van der Waals surface area contributed by atoms with Gasteiger partial charge in [0.2, 0.25) is 0 Å². The zero-order valence-corrected chi connectivity index (χ0v) is 20.2. The number of nitrogens with one attached hydrogen (secondary N) is 1. The van der Waals surface area contributed by atoms with Crippen molar-refractivity contribution in [3.8, 4) is 0 Å². The zero-order chi connectivity index (χ0) is 20.7. The van der Waals surface area contributed by atoms with Crippen LogP contribution in [-0.2, 0) is 19.7 Å². The summed E-state index contributed by atoms with van der Waals surface area (Å²) in [5, 5.41) is 3.54. The molecule has 2 saturated heterocycles. The molecule has 8 heteroatoms. The lowest BCUT2D eigenvalue weighted by atomic mass is 9.74. The molecule has 2 aliphatic heterocycles. The van der Waals surface area contributed by atoms with Gasteiger partial charge in [-0.3, -0.25) is 9.79 Å². The van der Waals surface area contributed by atoms with Crippen molar-refractivity contribution in [3.63, 3.8) is 0 Å². The highest BCUT2D eigenvalue weighted by Gasteiger charge is 2.35. The van der Waals surface area contributed by atoms with E-state index in [4.69, 9.17) is 9.47 Å². The highest BCUT2D eigenvalue weighted by Crippen LogP contribution is 2.34. The maximum atomic E-state index is 13.4. The van der Waals surface area contributed by atoms with Gasteiger partial charge in [-0.1, -0.05) is 12.1 Å². The Kier molecular flexibility index (Phi) is 9.80. The van der Waals surface area contributed by atoms with Gasteiger partial charge in [0.25, 0.3) is 0 Å². The molecule has 0 spiro atoms. The first kappa shape index (κ1) is 24.8. The summed E-state index contributed by atoms with van der Waals surface area (Å²) in [7, 11) is 1.79. The van der Waals surface area contributed by atoms with E-state index < -0.39 is 0 Å². The molecule has 0 radical (unpaired) electrons. The van der Waals surface area contributed by atoms with E-state index in [9.17, 15) is 9.18 Å². The van der Waals surface area contributed by atoms with E-state index in [1.807, 2.05) is 19.1 Å². The molecule has 3 rings (SSSR count). The average Bonchev–Trinajstić information content (AvgIpc) is 2.76. The number of hydrogen-bond acceptors (Lipinski definition) is 4. The number of carbonyl (C=O) groups is 1. The minimum atomic E-state index is -0.218. The van der Waals surface area contributed by atoms with Crippen LogP contribution < -0.4 is 5.32 Å². The third-order valence-corrected chi connectivity index (χ3v) is 6.12. The van der Waals surface area contributed by atoms with Gasteiger partial charge in [-0.15, -0.1) is 24.0 Å². The van der Waals surface area contributed by atoms with Gasteiger partial charge in [-0.05, 0) is 50.3 Å². The van der Waals surface area contributed by atoms with Gasteiger partial charge in [0, 0.05) is 45.3 Å². The number of guanidine groups is 1. The Hall–Kier alpha value is -1.42. The molecule has 2 heterocycles. The normalized spacial score (nSPS) is 19.7. The van der Waals surface area contributed by atoms with Gasteiger partial charge in [0.1, 0.15) is 5.82 Å². The Labute approximate surface area is 195 Å². The summed E-state index contributed by atoms with van der Waals surface area (Å²) in [5.41, 5.74) is 1.02. The summed E-state index contributed by atoms with van der Waals surface area (Å²) in [6, 6.07) is 6.83. The molecule has 0 atom stereocenters. The van der Waals surface area contributed by atoms with Crippen molar-refractivity contribution in [1.29, 1.82) is 0 Å². The Balaban J connectivity index is 0.00000320. The first-order valence-electron chi connectivity index (χ1n) is 10.5. The number of likely N-dealkylation sites (tertiary alicyclic amines) is 1. The van der Waals surface area contributed by atoms with Gasteiger partial charge >= 0.3 is 5.97 Å². The molecule has 0 bridgehead atoms. The van der Waals surface area contributed by atoms with Gasteiger partial charge in [-0.25, -0.2) is 4.39 Å². The van der Waals surface area contributed by atoms with E-state index in [0.29, 0.717) is 26.4 Å². The highest BCUT2D eigenvalue weighted by atomic mass is 127. The number of benzene rings is 1. The van der Waals surface area contributed by atoms with Crippen molar-refractivity contribution < 1.29 is 18.7 Å². The number of piperidine rings is 1. The molecule has 2 aliphatic rings. The Morgan fingerprint density at radius 1 is 1.27 bits per heavy atom. The van der Waals surface area contributed by atoms with Crippen LogP contribution in [0.15, 0.2) is 29.3 Å². The second-order valence-corrected chi connectivity index (χ2v) is 7.81. The molecule has 30 heavy (non-hydrogen) atoms. The first-order chi connectivity index (χ1) is 14.1. The summed E-state index contributed by atoms with van der Waals surface area (Å²) in [5.74, 6) is 0.516. The number of rotatable bonds is 5. The molecule has 1 N–H and O–H groups in total. The lowest BCUT2D eigenvalue weighted by molar-refractivity contribution is -0.149. The number of carbonyl (C=O) groups excluding carboxylic acids is 1. The number of halogens is 2. The van der Waals surface area contributed by atoms with Crippen molar-refractivity contribution in [2.45, 2.75) is 38.0 Å². The maximum Gasteiger partial charge on any atom is 0.309 e. The number of esters is 1. The van der Waals surface area contributed by atoms with Crippen LogP contribution in [0.2, 0.25) is 0 Å². The number of ether oxygens (including phenoxy) is 2. The fourth-order valence-electron chi connectivity index (χ4n) is 4.30. The van der Waals surface area contributed by atoms with E-state index >= 15 is 0 Å². The Bertz CT molecular complexity index is 700. The minimum absolute atomic E-state index is 0. The third-order valence-electron chi connectivity index (χ3n) is 6.12. The Morgan fingerprint density at radius 3 is 2.47 bits per heavy atom. The lowest BCUT2D eigenvalue weighted by Crippen LogP contribution is -2.51. The molecule has 2 fully saturated rings. The van der Waals surface area contributed by atoms with Crippen LogP contribution in [0.1, 0.15) is 38.2 Å². The fraction of sp³-hybridized carbons (Fsp3) is 0.636. The molecule has 0 unspecified atom stereocenters. The second kappa shape index (κ2) is 11.8. The number of nitrogens with zero attached hydrogens (tertiary/aromatic N) is 2. The first-order valence-corrected chi connectivity index (χ1v) is 10.5. The second-order valence-electron chi connectivity index (χ2n) is 7.81. The van der Waals surface area contributed by atoms with E-state index in [0.717, 1.165) is 50.3 Å². The molecule has 6 nitrogen and oxygen atoms in total. The van der Waals surface area contributed by atoms with E-state index in [-0.39, 0.29) is 47.1 Å². The zero-order valence-electron chi connectivity index (χ0n) is 17.9. The van der Waals surface area contributed by atoms with Crippen molar-refractivity contribution in [3.05, 3.63) is 35.6 Å². The van der Waals surface area contributed by atoms with Crippen LogP contribution in [0.5, 0.6) is 0 Å². The van der Waals surface area contributed by atoms with Crippen molar-refractivity contribution in [2.24, 2.45) is 10.9 Å². The third kappa shape index (κ3) is 6.06. The minimum Gasteiger partial charge on any atom is -0.466 e. The SMILES string of the molecule is CCOC(=O)C1CCN(C(=NC)NCC2(c3ccc(F)cc3)CCOCC2)CC1.I. The molecule has 168 valence electrons. The van der Waals surface area contributed by atoms with Crippen LogP contribution >= 0.6 is 24.0 Å². The van der Waals surface area contributed by atoms with Crippen LogP contribution in [0.3, 0.4) is 0 Å². The summed E-state index contributed by atoms with van der Waals surface area (Å²) in [6.45, 7) is 5.92. The van der Waals surface area contributed by atoms with Gasteiger partial charge in [0.15, 0.2) is 5.96 Å². The van der Waals surface area contributed by atoms with Gasteiger partial charge in [-0.2, -0.15) is 0 Å². The van der Waals surface area contributed by atoms with E-state index in [1.165, 1.54) is 12.1 Å². The standard InChI is InChI=1S/C22H32FN3O3.HI/c1-3-29-20(27)17-8-12-26(13-9-17)21(24-2)25-16-22(10-14-28-15-11-22)18-4-6-19(23)7-5-18;/h4-7,17H,3,8-16H2,1-2H3,(H,24,25);1H. The summed E-state index contributed by atoms with van der Waals surface area (Å²) < 4.78 is 24.2. The van der Waals surface area contributed by atoms with Gasteiger partial charge < -0.3 is 19.7 Å². The Morgan fingerprint density at radius 2 is 1.90 bits per heavy atom. The number of hydrogen-bond donors (Lipinski definition) is 1. The van der Waals surface area contributed by atoms with Crippen molar-refractivity contribution in [1.82, 2.24) is 10.2 Å². The predicted octanol–water partition coefficient (Wildman–Crippen LogP) is 3.34. The summed E-state index contributed by atoms with van der Waals surface area (Å²) in [4.78, 5) is 18.6. The van der Waals surface area contributed by atoms with E-state index in [2.05, 4.69) is 15.2 Å². The topological polar surface area (TPSA) is 63.2 Å². The van der Waals surface area contributed by atoms with E-state index in [1.54, 1.807) is 7.05 Å². The molecule has 1 aromatic carbocycles. The quantitative estimate of drug-likeness (QED) is 0.272. The monoisotopic (exact) mass is 533 g/mol. The summed E-state index contributed by atoms with van der Waals surface area (Å²) in [6.07, 6.45) is 3.31. The molecule has 0 aromatic heterocycles.